The Hall–Kier alpha value is -9.37. The second-order valence-corrected chi connectivity index (χ2v) is 22.9. The van der Waals surface area contributed by atoms with Gasteiger partial charge in [-0.1, -0.05) is 175 Å². The van der Waals surface area contributed by atoms with Gasteiger partial charge in [0.15, 0.2) is 11.6 Å². The molecule has 0 saturated heterocycles. The van der Waals surface area contributed by atoms with E-state index in [-0.39, 0.29) is 117 Å². The van der Waals surface area contributed by atoms with Crippen LogP contribution in [-0.4, -0.2) is 124 Å². The molecule has 0 radical (unpaired) electrons. The van der Waals surface area contributed by atoms with Crippen LogP contribution in [-0.2, 0) is 80.0 Å². The molecule has 0 bridgehead atoms. The summed E-state index contributed by atoms with van der Waals surface area (Å²) < 4.78 is 0. The van der Waals surface area contributed by atoms with Gasteiger partial charge in [0, 0.05) is 79.2 Å². The Morgan fingerprint density at radius 3 is 1.24 bits per heavy atom. The quantitative estimate of drug-likeness (QED) is 0.0134. The van der Waals surface area contributed by atoms with Gasteiger partial charge in [-0.05, 0) is 71.7 Å². The molecular formula is C73H104N6O18S. The molecule has 0 spiro atoms. The molecule has 25 heteroatoms. The van der Waals surface area contributed by atoms with E-state index in [1.54, 1.807) is 113 Å². The molecule has 5 aromatic rings. The smallest absolute Gasteiger partial charge is 0.320 e. The fraction of sp³-hybridized carbons (Fsp3) is 0.397. The number of Topliss-reactive ketones (excluding diaryl/α,β-unsaturated/α-hetero) is 7. The summed E-state index contributed by atoms with van der Waals surface area (Å²) in [6, 6.07) is 30.0. The average Bonchev–Trinajstić information content (AvgIpc) is 1.57. The summed E-state index contributed by atoms with van der Waals surface area (Å²) in [5.74, 6) is -7.65. The summed E-state index contributed by atoms with van der Waals surface area (Å²) in [6.07, 6.45) is 5.00. The van der Waals surface area contributed by atoms with Gasteiger partial charge in [-0.15, -0.1) is 11.8 Å². The topological polar surface area (TPSA) is 483 Å². The zero-order valence-corrected chi connectivity index (χ0v) is 52.9. The lowest BCUT2D eigenvalue weighted by Gasteiger charge is -2.10. The van der Waals surface area contributed by atoms with E-state index in [1.807, 2.05) is 24.3 Å². The van der Waals surface area contributed by atoms with Gasteiger partial charge >= 0.3 is 5.97 Å². The molecule has 0 heterocycles. The van der Waals surface area contributed by atoms with Gasteiger partial charge < -0.3 is 73.4 Å². The summed E-state index contributed by atoms with van der Waals surface area (Å²) >= 11 is 1.47. The van der Waals surface area contributed by atoms with Gasteiger partial charge in [0.05, 0.1) is 42.0 Å². The molecule has 0 aromatic heterocycles. The number of carbonyl (C=O) groups is 13. The zero-order valence-electron chi connectivity index (χ0n) is 52.1. The number of amides is 1. The largest absolute Gasteiger partial charge is 0.544 e. The van der Waals surface area contributed by atoms with Gasteiger partial charge in [0.2, 0.25) is 17.5 Å². The Kier molecular flexibility index (Phi) is 49.7. The van der Waals surface area contributed by atoms with Gasteiger partial charge in [-0.25, -0.2) is 4.99 Å². The number of benzene rings is 5. The number of carboxylic acid groups (broad SMARTS) is 5. The van der Waals surface area contributed by atoms with Gasteiger partial charge in [0.1, 0.15) is 47.6 Å². The van der Waals surface area contributed by atoms with Crippen molar-refractivity contribution < 1.29 is 111 Å². The van der Waals surface area contributed by atoms with E-state index in [4.69, 9.17) is 10.8 Å². The third-order valence-electron chi connectivity index (χ3n) is 13.6. The number of carboxylic acids is 5. The molecule has 98 heavy (non-hydrogen) atoms. The van der Waals surface area contributed by atoms with E-state index >= 15 is 0 Å². The maximum Gasteiger partial charge on any atom is 0.320 e. The lowest BCUT2D eigenvalue weighted by Crippen LogP contribution is -2.69. The van der Waals surface area contributed by atoms with Crippen molar-refractivity contribution in [1.29, 1.82) is 0 Å². The van der Waals surface area contributed by atoms with Crippen LogP contribution in [0.15, 0.2) is 131 Å². The molecule has 1 aliphatic carbocycles. The Balaban J connectivity index is -0.000000363. The molecule has 5 aromatic carbocycles. The Morgan fingerprint density at radius 2 is 0.918 bits per heavy atom. The van der Waals surface area contributed by atoms with E-state index in [0.29, 0.717) is 48.1 Å². The number of aliphatic carboxylic acids is 5. The number of hydrogen-bond acceptors (Lipinski definition) is 19. The van der Waals surface area contributed by atoms with Crippen LogP contribution in [0.3, 0.4) is 0 Å². The van der Waals surface area contributed by atoms with Crippen LogP contribution in [0.1, 0.15) is 176 Å². The second kappa shape index (κ2) is 50.0. The first-order valence-electron chi connectivity index (χ1n) is 29.2. The lowest BCUT2D eigenvalue weighted by molar-refractivity contribution is -0.437. The molecule has 540 valence electrons. The minimum atomic E-state index is -1.21. The van der Waals surface area contributed by atoms with Crippen molar-refractivity contribution in [1.82, 2.24) is 0 Å². The Morgan fingerprint density at radius 1 is 0.561 bits per heavy atom. The number of ketones is 7. The summed E-state index contributed by atoms with van der Waals surface area (Å²) in [5, 5.41) is 51.0. The van der Waals surface area contributed by atoms with Crippen LogP contribution in [0.4, 0.5) is 0 Å². The molecule has 15 N–H and O–H groups in total. The standard InChI is InChI=1S/C15H17NO4.2C14H17NO4.C12H14N2O3.C12H15NO3S.6CH4/c16-12(15(19)20)8-9-4-6-10(7-5-9)14(18)11-2-1-3-13(11)17;1-8(2)12(16)13(17)10-5-3-9(4-6-10)7-11(15)14(18)19;1-2-11(16)8-13(17)10-5-3-9(4-6-10)7-12(15)14(18)19;1-8(15)14-7-10-4-2-9(3-5-10)6-11(13)12(16)17;1-8(14)7-17-10-4-2-9(3-5-10)6-11(13)12(15)16;;;;;;/h4-7,11-12H,1-3,8,16H2,(H,19,20);3-6,8,11H,7,15H2,1-2H3,(H,18,19);3-6,12H,2,7-8,15H2,1H3,(H,18,19);2-5,7,11H,6,13H2,1H3,(H,16,17);2-5,11H,6-7,13H2,1H3,(H,15,16);6*1H4/t11?,12-;11-;12-;;11-;;;;;;/m000.0....../s1. The molecule has 6 rings (SSSR count). The van der Waals surface area contributed by atoms with E-state index in [9.17, 15) is 82.8 Å². The maximum absolute atomic E-state index is 12.2. The first-order chi connectivity index (χ1) is 43.2. The minimum absolute atomic E-state index is 0. The predicted octanol–water partition coefficient (Wildman–Crippen LogP) is 0.974. The molecule has 1 saturated carbocycles. The van der Waals surface area contributed by atoms with Crippen molar-refractivity contribution in [3.63, 3.8) is 0 Å². The number of carbonyl (C=O) groups excluding carboxylic acids is 12. The molecule has 6 atom stereocenters. The van der Waals surface area contributed by atoms with E-state index < -0.39 is 77.5 Å². The Labute approximate surface area is 580 Å². The summed E-state index contributed by atoms with van der Waals surface area (Å²) in [6.45, 7) is 7.97. The fourth-order valence-electron chi connectivity index (χ4n) is 8.15. The second-order valence-electron chi connectivity index (χ2n) is 21.9. The number of quaternary nitrogens is 4. The van der Waals surface area contributed by atoms with Crippen LogP contribution >= 0.6 is 11.8 Å². The molecule has 24 nitrogen and oxygen atoms in total. The number of nitrogens with zero attached hydrogens (tertiary/aromatic N) is 1. The van der Waals surface area contributed by atoms with Crippen molar-refractivity contribution in [2.75, 3.05) is 5.75 Å². The molecular weight excluding hydrogens is 1280 g/mol. The van der Waals surface area contributed by atoms with Crippen molar-refractivity contribution in [3.8, 4) is 0 Å². The molecule has 0 aliphatic heterocycles. The summed E-state index contributed by atoms with van der Waals surface area (Å²) in [7, 11) is 0. The van der Waals surface area contributed by atoms with Crippen LogP contribution in [0.5, 0.6) is 0 Å². The highest BCUT2D eigenvalue weighted by Gasteiger charge is 2.31. The van der Waals surface area contributed by atoms with Crippen molar-refractivity contribution in [2.24, 2.45) is 22.6 Å². The van der Waals surface area contributed by atoms with Gasteiger partial charge in [-0.3, -0.25) is 43.2 Å². The maximum atomic E-state index is 12.2. The number of thioether (sulfide) groups is 1. The van der Waals surface area contributed by atoms with E-state index in [2.05, 4.69) is 27.9 Å². The summed E-state index contributed by atoms with van der Waals surface area (Å²) in [5.41, 5.74) is 25.4. The average molecular weight is 1390 g/mol. The fourth-order valence-corrected chi connectivity index (χ4v) is 8.85. The Bertz CT molecular complexity index is 3390. The van der Waals surface area contributed by atoms with Crippen LogP contribution in [0.25, 0.3) is 0 Å². The highest BCUT2D eigenvalue weighted by molar-refractivity contribution is 8.00. The van der Waals surface area contributed by atoms with E-state index in [1.165, 1.54) is 37.0 Å². The predicted molar refractivity (Wildman–Crippen MR) is 368 cm³/mol. The summed E-state index contributed by atoms with van der Waals surface area (Å²) in [4.78, 5) is 149. The molecule has 1 fully saturated rings. The van der Waals surface area contributed by atoms with Crippen LogP contribution in [0.2, 0.25) is 0 Å². The lowest BCUT2D eigenvalue weighted by atomic mass is 9.94. The first-order valence-corrected chi connectivity index (χ1v) is 30.2. The third kappa shape index (κ3) is 37.2. The number of rotatable bonds is 28. The zero-order chi connectivity index (χ0) is 69.4. The normalized spacial score (nSPS) is 13.0. The minimum Gasteiger partial charge on any atom is -0.544 e. The van der Waals surface area contributed by atoms with Crippen molar-refractivity contribution in [2.45, 2.75) is 178 Å². The monoisotopic (exact) mass is 1380 g/mol. The van der Waals surface area contributed by atoms with Gasteiger partial charge in [-0.2, -0.15) is 0 Å². The molecule has 1 aliphatic rings. The molecule has 2 unspecified atom stereocenters. The van der Waals surface area contributed by atoms with E-state index in [0.717, 1.165) is 44.7 Å². The number of nitrogens with two attached hydrogens (primary N) is 1. The highest BCUT2D eigenvalue weighted by Crippen LogP contribution is 2.25. The van der Waals surface area contributed by atoms with Crippen LogP contribution in [0, 0.1) is 11.8 Å². The third-order valence-corrected chi connectivity index (χ3v) is 14.8. The van der Waals surface area contributed by atoms with Crippen LogP contribution < -0.4 is 49.1 Å². The van der Waals surface area contributed by atoms with Gasteiger partial charge in [0.25, 0.3) is 0 Å². The first kappa shape index (κ1) is 97.3. The SMILES string of the molecule is C.C.C.C.C.C.CC(=O)CSc1ccc(C[C@H]([NH3+])C(=O)[O-])cc1.CC(=O)N=Cc1ccc(CC(N)C(=O)O)cc1.CC(C)C(=O)C(=O)c1ccc(C[C@H]([NH3+])C(=O)[O-])cc1.CCC(=O)CC(=O)c1ccc(C[C@H]([NH3+])C(=O)[O-])cc1.[NH3+][C@@H](Cc1ccc(C(=O)C2CCCC2=O)cc1)C(=O)[O-]. The highest BCUT2D eigenvalue weighted by atomic mass is 32.2. The number of aliphatic imine (C=N–C) groups is 1. The number of hydrogen-bond donors (Lipinski definition) is 6. The van der Waals surface area contributed by atoms with Crippen molar-refractivity contribution >= 4 is 94.2 Å². The molecule has 1 amide bonds. The van der Waals surface area contributed by atoms with Crippen molar-refractivity contribution in [3.05, 3.63) is 171 Å².